The van der Waals surface area contributed by atoms with Gasteiger partial charge >= 0.3 is 0 Å². The number of likely N-dealkylation sites (tertiary alicyclic amines) is 1. The van der Waals surface area contributed by atoms with Gasteiger partial charge in [-0.2, -0.15) is 0 Å². The van der Waals surface area contributed by atoms with E-state index in [9.17, 15) is 13.6 Å². The second-order valence-electron chi connectivity index (χ2n) is 7.56. The Bertz CT molecular complexity index is 617. The van der Waals surface area contributed by atoms with Crippen LogP contribution < -0.4 is 0 Å². The van der Waals surface area contributed by atoms with Gasteiger partial charge in [0.15, 0.2) is 11.6 Å². The molecule has 2 saturated heterocycles. The average Bonchev–Trinajstić information content (AvgIpc) is 2.65. The van der Waals surface area contributed by atoms with Gasteiger partial charge in [-0.25, -0.2) is 8.78 Å². The van der Waals surface area contributed by atoms with Gasteiger partial charge in [-0.15, -0.1) is 0 Å². The lowest BCUT2D eigenvalue weighted by molar-refractivity contribution is -0.134. The summed E-state index contributed by atoms with van der Waals surface area (Å²) in [5, 5.41) is 0. The van der Waals surface area contributed by atoms with E-state index >= 15 is 0 Å². The number of piperazine rings is 1. The summed E-state index contributed by atoms with van der Waals surface area (Å²) in [7, 11) is 2.14. The van der Waals surface area contributed by atoms with E-state index in [1.807, 2.05) is 4.90 Å². The minimum atomic E-state index is -0.896. The normalized spacial score (nSPS) is 22.6. The van der Waals surface area contributed by atoms with Crippen molar-refractivity contribution in [2.75, 3.05) is 46.3 Å². The van der Waals surface area contributed by atoms with Crippen molar-refractivity contribution in [1.82, 2.24) is 14.7 Å². The molecular weight excluding hydrogens is 336 g/mol. The number of piperidine rings is 1. The summed E-state index contributed by atoms with van der Waals surface area (Å²) in [6.45, 7) is 6.05. The van der Waals surface area contributed by atoms with Crippen LogP contribution in [0, 0.1) is 11.6 Å². The Morgan fingerprint density at radius 2 is 1.88 bits per heavy atom. The molecule has 1 aromatic carbocycles. The van der Waals surface area contributed by atoms with Crippen molar-refractivity contribution >= 4 is 5.91 Å². The molecule has 1 unspecified atom stereocenters. The molecule has 0 spiro atoms. The standard InChI is InChI=1S/C20H29F2N3O/c1-23-11-13-24(14-12-23)10-8-17-6-2-3-9-25(17)19(26)15-16-5-4-7-18(21)20(16)22/h4-5,7,17H,2-3,6,8-15H2,1H3. The van der Waals surface area contributed by atoms with Crippen molar-refractivity contribution in [2.24, 2.45) is 0 Å². The van der Waals surface area contributed by atoms with Gasteiger partial charge in [-0.3, -0.25) is 4.79 Å². The van der Waals surface area contributed by atoms with Gasteiger partial charge < -0.3 is 14.7 Å². The van der Waals surface area contributed by atoms with Crippen LogP contribution in [0.2, 0.25) is 0 Å². The number of nitrogens with zero attached hydrogens (tertiary/aromatic N) is 3. The van der Waals surface area contributed by atoms with Gasteiger partial charge in [0.25, 0.3) is 0 Å². The first-order valence-corrected chi connectivity index (χ1v) is 9.68. The number of likely N-dealkylation sites (N-methyl/N-ethyl adjacent to an activating group) is 1. The van der Waals surface area contributed by atoms with E-state index in [1.165, 1.54) is 12.1 Å². The number of benzene rings is 1. The fourth-order valence-electron chi connectivity index (χ4n) is 3.98. The summed E-state index contributed by atoms with van der Waals surface area (Å²) in [6.07, 6.45) is 4.02. The molecule has 1 amide bonds. The van der Waals surface area contributed by atoms with Gasteiger partial charge in [0.1, 0.15) is 0 Å². The van der Waals surface area contributed by atoms with E-state index in [4.69, 9.17) is 0 Å². The fraction of sp³-hybridized carbons (Fsp3) is 0.650. The molecule has 0 aliphatic carbocycles. The summed E-state index contributed by atoms with van der Waals surface area (Å²) in [6, 6.07) is 4.26. The van der Waals surface area contributed by atoms with Crippen molar-refractivity contribution in [3.8, 4) is 0 Å². The molecule has 6 heteroatoms. The Labute approximate surface area is 154 Å². The van der Waals surface area contributed by atoms with Crippen LogP contribution in [0.25, 0.3) is 0 Å². The van der Waals surface area contributed by atoms with Gasteiger partial charge in [0, 0.05) is 50.9 Å². The van der Waals surface area contributed by atoms with Crippen LogP contribution in [0.1, 0.15) is 31.2 Å². The van der Waals surface area contributed by atoms with Gasteiger partial charge in [0.05, 0.1) is 6.42 Å². The highest BCUT2D eigenvalue weighted by molar-refractivity contribution is 5.79. The molecule has 2 aliphatic heterocycles. The first-order valence-electron chi connectivity index (χ1n) is 9.68. The van der Waals surface area contributed by atoms with Crippen LogP contribution in [0.4, 0.5) is 8.78 Å². The Kier molecular flexibility index (Phi) is 6.59. The van der Waals surface area contributed by atoms with E-state index in [-0.39, 0.29) is 23.9 Å². The maximum absolute atomic E-state index is 13.9. The Morgan fingerprint density at radius 3 is 2.65 bits per heavy atom. The summed E-state index contributed by atoms with van der Waals surface area (Å²) in [5.41, 5.74) is 0.151. The number of carbonyl (C=O) groups excluding carboxylic acids is 1. The van der Waals surface area contributed by atoms with Crippen molar-refractivity contribution in [1.29, 1.82) is 0 Å². The van der Waals surface area contributed by atoms with Crippen molar-refractivity contribution in [3.63, 3.8) is 0 Å². The zero-order valence-electron chi connectivity index (χ0n) is 15.6. The smallest absolute Gasteiger partial charge is 0.227 e. The van der Waals surface area contributed by atoms with Crippen LogP contribution in [0.5, 0.6) is 0 Å². The number of rotatable bonds is 5. The summed E-state index contributed by atoms with van der Waals surface area (Å²) < 4.78 is 27.3. The van der Waals surface area contributed by atoms with Crippen LogP contribution in [0.3, 0.4) is 0 Å². The molecule has 0 radical (unpaired) electrons. The third kappa shape index (κ3) is 4.80. The second kappa shape index (κ2) is 8.91. The topological polar surface area (TPSA) is 26.8 Å². The van der Waals surface area contributed by atoms with Crippen molar-refractivity contribution in [2.45, 2.75) is 38.1 Å². The third-order valence-electron chi connectivity index (χ3n) is 5.70. The SMILES string of the molecule is CN1CCN(CCC2CCCCN2C(=O)Cc2cccc(F)c2F)CC1. The molecule has 2 aliphatic rings. The average molecular weight is 365 g/mol. The Balaban J connectivity index is 1.57. The maximum atomic E-state index is 13.9. The van der Waals surface area contributed by atoms with E-state index in [1.54, 1.807) is 0 Å². The molecule has 4 nitrogen and oxygen atoms in total. The van der Waals surface area contributed by atoms with Crippen LogP contribution in [-0.4, -0.2) is 73.0 Å². The quantitative estimate of drug-likeness (QED) is 0.802. The van der Waals surface area contributed by atoms with Gasteiger partial charge in [-0.05, 0) is 38.8 Å². The molecule has 0 N–H and O–H groups in total. The number of amides is 1. The van der Waals surface area contributed by atoms with Gasteiger partial charge in [-0.1, -0.05) is 12.1 Å². The highest BCUT2D eigenvalue weighted by Crippen LogP contribution is 2.22. The first-order chi connectivity index (χ1) is 12.5. The fourth-order valence-corrected chi connectivity index (χ4v) is 3.98. The predicted molar refractivity (Wildman–Crippen MR) is 98.0 cm³/mol. The molecule has 0 bridgehead atoms. The maximum Gasteiger partial charge on any atom is 0.227 e. The van der Waals surface area contributed by atoms with Crippen LogP contribution >= 0.6 is 0 Å². The van der Waals surface area contributed by atoms with E-state index in [0.29, 0.717) is 0 Å². The first kappa shape index (κ1) is 19.2. The zero-order chi connectivity index (χ0) is 18.5. The number of hydrogen-bond donors (Lipinski definition) is 0. The van der Waals surface area contributed by atoms with E-state index in [2.05, 4.69) is 16.8 Å². The second-order valence-corrected chi connectivity index (χ2v) is 7.56. The molecule has 0 saturated carbocycles. The summed E-state index contributed by atoms with van der Waals surface area (Å²) in [4.78, 5) is 19.5. The highest BCUT2D eigenvalue weighted by atomic mass is 19.2. The minimum absolute atomic E-state index is 0.0609. The summed E-state index contributed by atoms with van der Waals surface area (Å²) in [5.74, 6) is -1.87. The molecule has 2 fully saturated rings. The lowest BCUT2D eigenvalue weighted by Gasteiger charge is -2.38. The third-order valence-corrected chi connectivity index (χ3v) is 5.70. The highest BCUT2D eigenvalue weighted by Gasteiger charge is 2.28. The largest absolute Gasteiger partial charge is 0.339 e. The van der Waals surface area contributed by atoms with Crippen LogP contribution in [0.15, 0.2) is 18.2 Å². The zero-order valence-corrected chi connectivity index (χ0v) is 15.6. The minimum Gasteiger partial charge on any atom is -0.339 e. The molecular formula is C20H29F2N3O. The van der Waals surface area contributed by atoms with Crippen molar-refractivity contribution in [3.05, 3.63) is 35.4 Å². The van der Waals surface area contributed by atoms with Crippen molar-refractivity contribution < 1.29 is 13.6 Å². The summed E-state index contributed by atoms with van der Waals surface area (Å²) >= 11 is 0. The number of carbonyl (C=O) groups is 1. The molecule has 0 aromatic heterocycles. The van der Waals surface area contributed by atoms with Gasteiger partial charge in [0.2, 0.25) is 5.91 Å². The molecule has 144 valence electrons. The van der Waals surface area contributed by atoms with E-state index < -0.39 is 11.6 Å². The molecule has 26 heavy (non-hydrogen) atoms. The number of halogens is 2. The molecule has 1 aromatic rings. The van der Waals surface area contributed by atoms with E-state index in [0.717, 1.165) is 71.0 Å². The molecule has 1 atom stereocenters. The molecule has 3 rings (SSSR count). The monoisotopic (exact) mass is 365 g/mol. The van der Waals surface area contributed by atoms with Crippen LogP contribution in [-0.2, 0) is 11.2 Å². The Hall–Kier alpha value is -1.53. The molecule has 2 heterocycles. The Morgan fingerprint density at radius 1 is 1.12 bits per heavy atom. The number of hydrogen-bond acceptors (Lipinski definition) is 3. The predicted octanol–water partition coefficient (Wildman–Crippen LogP) is 2.53. The lowest BCUT2D eigenvalue weighted by Crippen LogP contribution is -2.48. The lowest BCUT2D eigenvalue weighted by atomic mass is 9.97.